The number of likely N-dealkylation sites (tertiary alicyclic amines) is 1. The van der Waals surface area contributed by atoms with E-state index in [9.17, 15) is 4.79 Å². The number of benzene rings is 1. The van der Waals surface area contributed by atoms with Crippen LogP contribution in [0.4, 0.5) is 0 Å². The summed E-state index contributed by atoms with van der Waals surface area (Å²) in [6.07, 6.45) is 9.59. The zero-order valence-electron chi connectivity index (χ0n) is 13.8. The van der Waals surface area contributed by atoms with Crippen molar-refractivity contribution in [1.82, 2.24) is 14.5 Å². The molecular formula is C19H25N3O. The molecule has 0 unspecified atom stereocenters. The topological polar surface area (TPSA) is 38.1 Å². The first-order valence-corrected chi connectivity index (χ1v) is 8.56. The molecule has 0 N–H and O–H groups in total. The number of hydrogen-bond acceptors (Lipinski definition) is 3. The summed E-state index contributed by atoms with van der Waals surface area (Å²) >= 11 is 0. The van der Waals surface area contributed by atoms with Crippen LogP contribution in [0.25, 0.3) is 5.69 Å². The van der Waals surface area contributed by atoms with Gasteiger partial charge in [-0.15, -0.1) is 0 Å². The van der Waals surface area contributed by atoms with Crippen LogP contribution < -0.4 is 0 Å². The first kappa shape index (κ1) is 15.9. The van der Waals surface area contributed by atoms with Gasteiger partial charge in [0.2, 0.25) is 0 Å². The number of ketones is 1. The van der Waals surface area contributed by atoms with E-state index in [1.165, 1.54) is 25.9 Å². The maximum absolute atomic E-state index is 12.3. The maximum Gasteiger partial charge on any atom is 0.162 e. The predicted octanol–water partition coefficient (Wildman–Crippen LogP) is 3.57. The van der Waals surface area contributed by atoms with Crippen LogP contribution in [0, 0.1) is 5.92 Å². The lowest BCUT2D eigenvalue weighted by molar-refractivity contribution is 0.0971. The summed E-state index contributed by atoms with van der Waals surface area (Å²) in [4.78, 5) is 18.8. The van der Waals surface area contributed by atoms with E-state index in [-0.39, 0.29) is 5.78 Å². The summed E-state index contributed by atoms with van der Waals surface area (Å²) in [5, 5.41) is 0. The lowest BCUT2D eigenvalue weighted by Crippen LogP contribution is -2.33. The minimum Gasteiger partial charge on any atom is -0.306 e. The van der Waals surface area contributed by atoms with E-state index in [1.807, 2.05) is 35.0 Å². The molecule has 1 saturated heterocycles. The largest absolute Gasteiger partial charge is 0.306 e. The second-order valence-electron chi connectivity index (χ2n) is 6.57. The Hall–Kier alpha value is -1.94. The molecule has 0 atom stereocenters. The smallest absolute Gasteiger partial charge is 0.162 e. The average molecular weight is 311 g/mol. The second-order valence-corrected chi connectivity index (χ2v) is 6.57. The number of imidazole rings is 1. The standard InChI is InChI=1S/C19H25N3O/c1-16-8-12-21(13-9-16)11-2-3-19(23)17-4-6-18(7-5-17)22-14-10-20-15-22/h4-7,10,14-16H,2-3,8-9,11-13H2,1H3. The Morgan fingerprint density at radius 2 is 1.96 bits per heavy atom. The molecule has 2 heterocycles. The summed E-state index contributed by atoms with van der Waals surface area (Å²) in [5.74, 6) is 1.11. The van der Waals surface area contributed by atoms with Crippen molar-refractivity contribution in [2.75, 3.05) is 19.6 Å². The maximum atomic E-state index is 12.3. The Morgan fingerprint density at radius 3 is 2.61 bits per heavy atom. The number of rotatable bonds is 6. The molecule has 0 aliphatic carbocycles. The van der Waals surface area contributed by atoms with Crippen LogP contribution in [-0.4, -0.2) is 39.9 Å². The van der Waals surface area contributed by atoms with Crippen molar-refractivity contribution < 1.29 is 4.79 Å². The molecule has 0 radical (unpaired) electrons. The highest BCUT2D eigenvalue weighted by atomic mass is 16.1. The molecule has 1 fully saturated rings. The SMILES string of the molecule is CC1CCN(CCCC(=O)c2ccc(-n3ccnc3)cc2)CC1. The predicted molar refractivity (Wildman–Crippen MR) is 92.0 cm³/mol. The average Bonchev–Trinajstić information content (AvgIpc) is 3.11. The third-order valence-corrected chi connectivity index (χ3v) is 4.75. The van der Waals surface area contributed by atoms with E-state index in [2.05, 4.69) is 16.8 Å². The van der Waals surface area contributed by atoms with Gasteiger partial charge in [0.05, 0.1) is 6.33 Å². The normalized spacial score (nSPS) is 16.6. The van der Waals surface area contributed by atoms with Crippen LogP contribution in [0.2, 0.25) is 0 Å². The molecule has 3 rings (SSSR count). The van der Waals surface area contributed by atoms with Crippen LogP contribution >= 0.6 is 0 Å². The molecule has 1 aromatic carbocycles. The third kappa shape index (κ3) is 4.29. The summed E-state index contributed by atoms with van der Waals surface area (Å²) in [6, 6.07) is 7.78. The van der Waals surface area contributed by atoms with Crippen molar-refractivity contribution >= 4 is 5.78 Å². The third-order valence-electron chi connectivity index (χ3n) is 4.75. The number of aromatic nitrogens is 2. The quantitative estimate of drug-likeness (QED) is 0.766. The fourth-order valence-corrected chi connectivity index (χ4v) is 3.12. The molecule has 4 heteroatoms. The molecule has 1 aliphatic heterocycles. The number of Topliss-reactive ketones (excluding diaryl/α,β-unsaturated/α-hetero) is 1. The monoisotopic (exact) mass is 311 g/mol. The number of hydrogen-bond donors (Lipinski definition) is 0. The van der Waals surface area contributed by atoms with Gasteiger partial charge in [0.25, 0.3) is 0 Å². The van der Waals surface area contributed by atoms with Gasteiger partial charge in [0.1, 0.15) is 0 Å². The molecule has 0 saturated carbocycles. The van der Waals surface area contributed by atoms with Gasteiger partial charge in [0.15, 0.2) is 5.78 Å². The molecule has 0 amide bonds. The van der Waals surface area contributed by atoms with E-state index >= 15 is 0 Å². The molecular weight excluding hydrogens is 286 g/mol. The minimum atomic E-state index is 0.243. The highest BCUT2D eigenvalue weighted by Gasteiger charge is 2.15. The van der Waals surface area contributed by atoms with Crippen molar-refractivity contribution in [3.05, 3.63) is 48.5 Å². The fraction of sp³-hybridized carbons (Fsp3) is 0.474. The molecule has 1 aromatic heterocycles. The summed E-state index contributed by atoms with van der Waals surface area (Å²) in [7, 11) is 0. The van der Waals surface area contributed by atoms with Crippen molar-refractivity contribution in [2.45, 2.75) is 32.6 Å². The van der Waals surface area contributed by atoms with Crippen molar-refractivity contribution in [1.29, 1.82) is 0 Å². The zero-order valence-corrected chi connectivity index (χ0v) is 13.8. The molecule has 4 nitrogen and oxygen atoms in total. The number of nitrogens with zero attached hydrogens (tertiary/aromatic N) is 3. The number of carbonyl (C=O) groups is 1. The second kappa shape index (κ2) is 7.55. The Morgan fingerprint density at radius 1 is 1.22 bits per heavy atom. The van der Waals surface area contributed by atoms with E-state index in [0.29, 0.717) is 6.42 Å². The first-order valence-electron chi connectivity index (χ1n) is 8.56. The lowest BCUT2D eigenvalue weighted by atomic mass is 9.99. The van der Waals surface area contributed by atoms with Gasteiger partial charge >= 0.3 is 0 Å². The summed E-state index contributed by atoms with van der Waals surface area (Å²) in [5.41, 5.74) is 1.84. The molecule has 0 spiro atoms. The summed E-state index contributed by atoms with van der Waals surface area (Å²) < 4.78 is 1.94. The van der Waals surface area contributed by atoms with E-state index in [4.69, 9.17) is 0 Å². The van der Waals surface area contributed by atoms with Gasteiger partial charge in [-0.05, 0) is 69.1 Å². The lowest BCUT2D eigenvalue weighted by Gasteiger charge is -2.29. The Bertz CT molecular complexity index is 611. The Balaban J connectivity index is 1.46. The van der Waals surface area contributed by atoms with Gasteiger partial charge in [-0.2, -0.15) is 0 Å². The molecule has 122 valence electrons. The van der Waals surface area contributed by atoms with Gasteiger partial charge < -0.3 is 9.47 Å². The van der Waals surface area contributed by atoms with Gasteiger partial charge in [-0.25, -0.2) is 4.98 Å². The van der Waals surface area contributed by atoms with Crippen LogP contribution in [0.3, 0.4) is 0 Å². The van der Waals surface area contributed by atoms with Crippen molar-refractivity contribution in [3.63, 3.8) is 0 Å². The van der Waals surface area contributed by atoms with Crippen LogP contribution in [0.15, 0.2) is 43.0 Å². The highest BCUT2D eigenvalue weighted by Crippen LogP contribution is 2.17. The Labute approximate surface area is 138 Å². The van der Waals surface area contributed by atoms with Gasteiger partial charge in [-0.3, -0.25) is 4.79 Å². The highest BCUT2D eigenvalue weighted by molar-refractivity contribution is 5.96. The van der Waals surface area contributed by atoms with E-state index in [0.717, 1.165) is 30.1 Å². The first-order chi connectivity index (χ1) is 11.2. The molecule has 23 heavy (non-hydrogen) atoms. The van der Waals surface area contributed by atoms with E-state index in [1.54, 1.807) is 12.5 Å². The molecule has 2 aromatic rings. The van der Waals surface area contributed by atoms with E-state index < -0.39 is 0 Å². The van der Waals surface area contributed by atoms with Crippen LogP contribution in [0.5, 0.6) is 0 Å². The van der Waals surface area contributed by atoms with Crippen molar-refractivity contribution in [3.8, 4) is 5.69 Å². The fourth-order valence-electron chi connectivity index (χ4n) is 3.12. The van der Waals surface area contributed by atoms with Gasteiger partial charge in [-0.1, -0.05) is 6.92 Å². The number of piperidine rings is 1. The molecule has 1 aliphatic rings. The Kier molecular flexibility index (Phi) is 5.23. The minimum absolute atomic E-state index is 0.243. The van der Waals surface area contributed by atoms with Crippen LogP contribution in [-0.2, 0) is 0 Å². The zero-order chi connectivity index (χ0) is 16.1. The van der Waals surface area contributed by atoms with Crippen molar-refractivity contribution in [2.24, 2.45) is 5.92 Å². The summed E-state index contributed by atoms with van der Waals surface area (Å²) in [6.45, 7) is 5.75. The number of carbonyl (C=O) groups excluding carboxylic acids is 1. The molecule has 0 bridgehead atoms. The van der Waals surface area contributed by atoms with Crippen LogP contribution in [0.1, 0.15) is 43.0 Å². The van der Waals surface area contributed by atoms with Gasteiger partial charge in [0, 0.05) is 30.1 Å².